The molecule has 0 spiro atoms. The highest BCUT2D eigenvalue weighted by Gasteiger charge is 2.38. The molecule has 5 saturated heterocycles. The third-order valence-corrected chi connectivity index (χ3v) is 21.4. The Labute approximate surface area is 704 Å². The summed E-state index contributed by atoms with van der Waals surface area (Å²) >= 11 is 0. The van der Waals surface area contributed by atoms with E-state index in [4.69, 9.17) is 14.1 Å². The fourth-order valence-corrected chi connectivity index (χ4v) is 14.9. The van der Waals surface area contributed by atoms with Gasteiger partial charge in [0.2, 0.25) is 0 Å². The van der Waals surface area contributed by atoms with Gasteiger partial charge in [-0.2, -0.15) is 26.1 Å². The highest BCUT2D eigenvalue weighted by Crippen LogP contribution is 2.39. The van der Waals surface area contributed by atoms with Gasteiger partial charge in [0, 0.05) is 112 Å². The molecule has 5 fully saturated rings. The highest BCUT2D eigenvalue weighted by molar-refractivity contribution is 5.86. The molecule has 16 aromatic rings. The number of aromatic amines is 4. The van der Waals surface area contributed by atoms with Crippen molar-refractivity contribution in [2.24, 2.45) is 5.92 Å². The molecule has 5 aliphatic heterocycles. The van der Waals surface area contributed by atoms with E-state index in [1.165, 1.54) is 50.6 Å². The normalized spacial score (nSPS) is 14.7. The first-order valence-electron chi connectivity index (χ1n) is 39.0. The molecule has 10 aromatic carbocycles. The smallest absolute Gasteiger partial charge is 0.180 e. The summed E-state index contributed by atoms with van der Waals surface area (Å²) in [6, 6.07) is 91.5. The summed E-state index contributed by atoms with van der Waals surface area (Å²) in [4.78, 5) is 17.8. The summed E-state index contributed by atoms with van der Waals surface area (Å²) in [6.45, 7) is 9.96. The number of likely N-dealkylation sites (tertiary alicyclic amines) is 3. The molecule has 29 heteroatoms. The summed E-state index contributed by atoms with van der Waals surface area (Å²) in [7, 11) is 0. The van der Waals surface area contributed by atoms with Gasteiger partial charge >= 0.3 is 0 Å². The number of nitrogens with one attached hydrogen (secondary N) is 6. The monoisotopic (exact) mass is 1650 g/mol. The molecule has 0 saturated carbocycles. The van der Waals surface area contributed by atoms with Gasteiger partial charge in [0.15, 0.2) is 23.3 Å². The summed E-state index contributed by atoms with van der Waals surface area (Å²) < 4.78 is 41.0. The Morgan fingerprint density at radius 3 is 1.12 bits per heavy atom. The second-order valence-corrected chi connectivity index (χ2v) is 29.5. The van der Waals surface area contributed by atoms with Crippen molar-refractivity contribution in [3.05, 3.63) is 357 Å². The van der Waals surface area contributed by atoms with Crippen LogP contribution in [0.2, 0.25) is 0 Å². The number of carbonyl (C=O) groups excluding carboxylic acids is 1. The third kappa shape index (κ3) is 21.3. The van der Waals surface area contributed by atoms with E-state index in [9.17, 15) is 13.6 Å². The van der Waals surface area contributed by atoms with E-state index in [0.29, 0.717) is 64.4 Å². The van der Waals surface area contributed by atoms with E-state index in [-0.39, 0.29) is 62.0 Å². The van der Waals surface area contributed by atoms with Gasteiger partial charge in [-0.25, -0.2) is 8.78 Å². The average molecular weight is 1650 g/mol. The zero-order valence-electron chi connectivity index (χ0n) is 64.7. The molecular formula is C91H90Cl2F2N22O3. The molecule has 610 valence electrons. The molecule has 0 bridgehead atoms. The minimum Gasteiger partial charge on any atom is -0.456 e. The molecule has 0 unspecified atom stereocenters. The Morgan fingerprint density at radius 1 is 0.408 bits per heavy atom. The van der Waals surface area contributed by atoms with Crippen molar-refractivity contribution in [1.29, 1.82) is 5.26 Å². The second-order valence-electron chi connectivity index (χ2n) is 29.5. The molecule has 25 nitrogen and oxygen atoms in total. The number of nitriles is 1. The van der Waals surface area contributed by atoms with Crippen LogP contribution in [-0.4, -0.2) is 169 Å². The van der Waals surface area contributed by atoms with Crippen molar-refractivity contribution in [3.63, 3.8) is 0 Å². The summed E-state index contributed by atoms with van der Waals surface area (Å²) in [5.74, 6) is 5.31. The number of benzene rings is 10. The number of fused-ring (bicyclic) bond motifs is 2. The Morgan fingerprint density at radius 2 is 0.767 bits per heavy atom. The van der Waals surface area contributed by atoms with E-state index in [0.717, 1.165) is 124 Å². The van der Waals surface area contributed by atoms with Crippen LogP contribution in [0.1, 0.15) is 127 Å². The number of hydrogen-bond donors (Lipinski definition) is 6. The van der Waals surface area contributed by atoms with E-state index >= 15 is 0 Å². The van der Waals surface area contributed by atoms with Crippen molar-refractivity contribution in [3.8, 4) is 28.7 Å². The lowest BCUT2D eigenvalue weighted by atomic mass is 9.90. The van der Waals surface area contributed by atoms with Crippen LogP contribution < -0.4 is 10.6 Å². The maximum Gasteiger partial charge on any atom is 0.180 e. The van der Waals surface area contributed by atoms with E-state index in [2.05, 4.69) is 266 Å². The Balaban J connectivity index is 0.000000130. The topological polar surface area (TPSA) is 319 Å². The predicted molar refractivity (Wildman–Crippen MR) is 459 cm³/mol. The van der Waals surface area contributed by atoms with Crippen LogP contribution in [0.4, 0.5) is 8.78 Å². The van der Waals surface area contributed by atoms with Crippen LogP contribution >= 0.6 is 24.8 Å². The number of rotatable bonds is 19. The molecule has 0 amide bonds. The number of hydrogen-bond acceptors (Lipinski definition) is 21. The van der Waals surface area contributed by atoms with Gasteiger partial charge in [0.25, 0.3) is 0 Å². The van der Waals surface area contributed by atoms with Gasteiger partial charge in [0.1, 0.15) is 40.6 Å². The zero-order valence-corrected chi connectivity index (χ0v) is 66.3. The molecule has 21 rings (SSSR count). The largest absolute Gasteiger partial charge is 0.456 e. The lowest BCUT2D eigenvalue weighted by Gasteiger charge is -2.43. The fraction of sp³-hybridized carbons (Fsp3) is 0.231. The van der Waals surface area contributed by atoms with Crippen LogP contribution in [0.25, 0.3) is 44.6 Å². The summed E-state index contributed by atoms with van der Waals surface area (Å²) in [5, 5.41) is 72.9. The fourth-order valence-electron chi connectivity index (χ4n) is 14.9. The molecule has 5 aliphatic rings. The molecule has 0 aliphatic carbocycles. The minimum atomic E-state index is -0.465. The summed E-state index contributed by atoms with van der Waals surface area (Å²) in [6.07, 6.45) is 2.31. The number of aldehydes is 1. The second kappa shape index (κ2) is 41.4. The lowest BCUT2D eigenvalue weighted by Crippen LogP contribution is -2.48. The van der Waals surface area contributed by atoms with Crippen LogP contribution in [0.5, 0.6) is 0 Å². The Hall–Kier alpha value is -13.0. The maximum atomic E-state index is 15.0. The average Bonchev–Trinajstić information content (AvgIpc) is 1.15. The number of aromatic nitrogens is 16. The number of furan rings is 2. The number of carbonyl (C=O) groups is 1. The van der Waals surface area contributed by atoms with Gasteiger partial charge in [0.05, 0.1) is 35.2 Å². The molecule has 11 heterocycles. The van der Waals surface area contributed by atoms with Crippen LogP contribution in [0.3, 0.4) is 0 Å². The van der Waals surface area contributed by atoms with Crippen molar-refractivity contribution < 1.29 is 22.4 Å². The van der Waals surface area contributed by atoms with E-state index < -0.39 is 5.82 Å². The van der Waals surface area contributed by atoms with Crippen molar-refractivity contribution in [2.75, 3.05) is 65.4 Å². The van der Waals surface area contributed by atoms with Gasteiger partial charge in [-0.05, 0) is 124 Å². The number of H-pyrrole nitrogens is 4. The lowest BCUT2D eigenvalue weighted by molar-refractivity contribution is 0.0992. The molecule has 120 heavy (non-hydrogen) atoms. The van der Waals surface area contributed by atoms with E-state index in [1.807, 2.05) is 91.0 Å². The van der Waals surface area contributed by atoms with Crippen LogP contribution in [-0.2, 0) is 19.4 Å². The van der Waals surface area contributed by atoms with Crippen molar-refractivity contribution >= 4 is 53.0 Å². The first-order chi connectivity index (χ1) is 57.7. The quantitative estimate of drug-likeness (QED) is 0.0410. The first-order valence-corrected chi connectivity index (χ1v) is 39.0. The minimum absolute atomic E-state index is 0. The Kier molecular flexibility index (Phi) is 29.3. The Bertz CT molecular complexity index is 5680. The molecular weight excluding hydrogens is 1560 g/mol. The van der Waals surface area contributed by atoms with E-state index in [1.54, 1.807) is 18.2 Å². The number of halogens is 4. The number of nitrogens with zero attached hydrogens (tertiary/aromatic N) is 16. The first kappa shape index (κ1) is 84.9. The standard InChI is InChI=1S/C26H22FN5O.C22H15FO2.C17H17N5.C17H16N2.2C4H7N5.CH4.2ClH/c27-23-12-19(14-32-15-21(16-32)26-28-30-31-29-26)6-8-22(23)25-13-20-11-18(7-9-24(20)33-25)10-17-4-2-1-3-5-17;23-20-12-17(14-24)6-8-19(20)22-13-18-11-16(7-9-21(18)25-22)10-15-4-2-1-3-5-15;1-3-7-13(8-4-1)16(14-9-5-2-6-10-14)22-11-15(12-22)17-18-20-21-19-17;18-11-14-12-19(13-14)17(15-7-3-1-4-8-15)16-9-5-2-6-10-16;2*1-3(2-5-1)4-6-8-9-7-4;;;/h1-9,11-13,21H,10,14-16H2,(H,28,29,30,31);1-9,11-14H,10H2;1-10,15-16H,11-12H2,(H,18,19,20,21);1-10,14,17H,12-13H2;2*3,5H,1-2H2,(H,6,7,8,9);1H4;2*1H. The molecule has 0 radical (unpaired) electrons. The van der Waals surface area contributed by atoms with Crippen molar-refractivity contribution in [2.45, 2.75) is 62.6 Å². The van der Waals surface area contributed by atoms with Gasteiger partial charge < -0.3 is 19.5 Å². The van der Waals surface area contributed by atoms with Gasteiger partial charge in [-0.1, -0.05) is 235 Å². The number of tetrazole rings is 4. The maximum absolute atomic E-state index is 15.0. The molecule has 6 aromatic heterocycles. The predicted octanol–water partition coefficient (Wildman–Crippen LogP) is 15.5. The van der Waals surface area contributed by atoms with Crippen LogP contribution in [0, 0.1) is 28.9 Å². The van der Waals surface area contributed by atoms with Gasteiger partial charge in [-0.15, -0.1) is 65.6 Å². The summed E-state index contributed by atoms with van der Waals surface area (Å²) in [5.41, 5.74) is 13.6. The zero-order chi connectivity index (χ0) is 79.5. The van der Waals surface area contributed by atoms with Crippen molar-refractivity contribution in [1.82, 2.24) is 108 Å². The molecule has 0 atom stereocenters. The SMILES string of the molecule is C.C1NCC1c1nn[nH]n1.C1NCC1c1nn[nH]n1.Cl.Cl.Fc1cc(CN2CC(c3nn[nH]n3)C2)ccc1-c1cc2cc(Cc3ccccc3)ccc2o1.N#CC1CN(C(c2ccccc2)c2ccccc2)C1.O=Cc1ccc(-c2cc3cc(Cc4ccccc4)ccc3o2)c(F)c1.c1ccc(C(c2ccccc2)N2CC(c3nn[nH]n3)C2)cc1. The highest BCUT2D eigenvalue weighted by atomic mass is 35.5. The van der Waals surface area contributed by atoms with Crippen LogP contribution in [0.15, 0.2) is 276 Å². The molecule has 6 N–H and O–H groups in total. The third-order valence-electron chi connectivity index (χ3n) is 21.4. The van der Waals surface area contributed by atoms with Gasteiger partial charge in [-0.3, -0.25) is 19.5 Å².